The van der Waals surface area contributed by atoms with Crippen molar-refractivity contribution in [3.8, 4) is 0 Å². The maximum Gasteiger partial charge on any atom is 0.107 e. The number of nitrogens with one attached hydrogen (secondary N) is 1. The largest absolute Gasteiger partial charge is 0.310 e. The minimum absolute atomic E-state index is 0.691. The van der Waals surface area contributed by atoms with Crippen molar-refractivity contribution in [2.75, 3.05) is 40.3 Å². The molecule has 0 saturated carbocycles. The fraction of sp³-hybridized carbons (Fsp3) is 0.812. The smallest absolute Gasteiger partial charge is 0.107 e. The number of hydrogen-bond donors (Lipinski definition) is 1. The zero-order valence-electron chi connectivity index (χ0n) is 14.4. The lowest BCUT2D eigenvalue weighted by molar-refractivity contribution is 0.210. The average molecular weight is 313 g/mol. The second-order valence-corrected chi connectivity index (χ2v) is 7.28. The first-order valence-electron chi connectivity index (χ1n) is 8.02. The predicted octanol–water partition coefficient (Wildman–Crippen LogP) is 2.66. The Morgan fingerprint density at radius 1 is 1.29 bits per heavy atom. The van der Waals surface area contributed by atoms with E-state index in [4.69, 9.17) is 4.98 Å². The van der Waals surface area contributed by atoms with Crippen molar-refractivity contribution in [1.82, 2.24) is 20.1 Å². The van der Waals surface area contributed by atoms with Crippen molar-refractivity contribution < 1.29 is 0 Å². The van der Waals surface area contributed by atoms with Gasteiger partial charge in [-0.15, -0.1) is 11.3 Å². The lowest BCUT2D eigenvalue weighted by atomic mass is 10.2. The maximum absolute atomic E-state index is 4.76. The second kappa shape index (κ2) is 10.3. The Morgan fingerprint density at radius 3 is 2.67 bits per heavy atom. The topological polar surface area (TPSA) is 31.4 Å². The lowest BCUT2D eigenvalue weighted by Gasteiger charge is -2.25. The molecule has 0 bridgehead atoms. The number of rotatable bonds is 11. The molecule has 0 aliphatic rings. The molecule has 0 fully saturated rings. The highest BCUT2D eigenvalue weighted by Gasteiger charge is 2.11. The average Bonchev–Trinajstić information content (AvgIpc) is 2.83. The summed E-state index contributed by atoms with van der Waals surface area (Å²) in [4.78, 5) is 9.52. The number of thiazole rings is 1. The molecule has 21 heavy (non-hydrogen) atoms. The van der Waals surface area contributed by atoms with Crippen LogP contribution in [0.2, 0.25) is 0 Å². The molecule has 0 atom stereocenters. The van der Waals surface area contributed by atoms with Crippen molar-refractivity contribution in [2.24, 2.45) is 5.92 Å². The van der Waals surface area contributed by atoms with E-state index in [0.29, 0.717) is 5.92 Å². The van der Waals surface area contributed by atoms with E-state index in [0.717, 1.165) is 39.3 Å². The minimum Gasteiger partial charge on any atom is -0.310 e. The third-order valence-electron chi connectivity index (χ3n) is 3.17. The van der Waals surface area contributed by atoms with Gasteiger partial charge in [0.15, 0.2) is 0 Å². The summed E-state index contributed by atoms with van der Waals surface area (Å²) in [6, 6.07) is 0. The molecule has 5 heteroatoms. The van der Waals surface area contributed by atoms with Crippen LogP contribution in [0.5, 0.6) is 0 Å². The highest BCUT2D eigenvalue weighted by molar-refractivity contribution is 7.09. The molecule has 0 unspecified atom stereocenters. The van der Waals surface area contributed by atoms with Crippen LogP contribution in [-0.4, -0.2) is 55.1 Å². The fourth-order valence-corrected chi connectivity index (χ4v) is 2.95. The number of hydrogen-bond acceptors (Lipinski definition) is 5. The van der Waals surface area contributed by atoms with Gasteiger partial charge in [-0.2, -0.15) is 0 Å². The second-order valence-electron chi connectivity index (χ2n) is 6.34. The van der Waals surface area contributed by atoms with E-state index in [9.17, 15) is 0 Å². The molecule has 0 aromatic carbocycles. The predicted molar refractivity (Wildman–Crippen MR) is 92.8 cm³/mol. The van der Waals surface area contributed by atoms with Gasteiger partial charge in [-0.3, -0.25) is 4.90 Å². The zero-order valence-corrected chi connectivity index (χ0v) is 15.2. The van der Waals surface area contributed by atoms with E-state index in [1.54, 1.807) is 11.3 Å². The molecule has 1 aromatic rings. The van der Waals surface area contributed by atoms with Crippen LogP contribution in [0.25, 0.3) is 0 Å². The van der Waals surface area contributed by atoms with Crippen molar-refractivity contribution in [1.29, 1.82) is 0 Å². The minimum atomic E-state index is 0.691. The summed E-state index contributed by atoms with van der Waals surface area (Å²) in [6.45, 7) is 13.0. The molecule has 1 rings (SSSR count). The fourth-order valence-electron chi connectivity index (χ4n) is 2.20. The molecule has 1 N–H and O–H groups in total. The SMILES string of the molecule is CCCNCc1nc(CN(CCN(C)C)CC(C)C)cs1. The summed E-state index contributed by atoms with van der Waals surface area (Å²) in [7, 11) is 4.27. The molecule has 0 saturated heterocycles. The van der Waals surface area contributed by atoms with Gasteiger partial charge < -0.3 is 10.2 Å². The Labute approximate surface area is 134 Å². The Hall–Kier alpha value is -0.490. The van der Waals surface area contributed by atoms with Crippen molar-refractivity contribution >= 4 is 11.3 Å². The Bertz CT molecular complexity index is 376. The lowest BCUT2D eigenvalue weighted by Crippen LogP contribution is -2.34. The first-order chi connectivity index (χ1) is 10.0. The van der Waals surface area contributed by atoms with Gasteiger partial charge in [0.05, 0.1) is 5.69 Å². The van der Waals surface area contributed by atoms with Crippen LogP contribution in [-0.2, 0) is 13.1 Å². The zero-order chi connectivity index (χ0) is 15.7. The quantitative estimate of drug-likeness (QED) is 0.637. The van der Waals surface area contributed by atoms with Gasteiger partial charge >= 0.3 is 0 Å². The van der Waals surface area contributed by atoms with Gasteiger partial charge in [0.2, 0.25) is 0 Å². The summed E-state index contributed by atoms with van der Waals surface area (Å²) in [5, 5.41) is 6.84. The highest BCUT2D eigenvalue weighted by Crippen LogP contribution is 2.13. The number of nitrogens with zero attached hydrogens (tertiary/aromatic N) is 3. The molecule has 1 aromatic heterocycles. The van der Waals surface area contributed by atoms with Crippen LogP contribution >= 0.6 is 11.3 Å². The molecule has 4 nitrogen and oxygen atoms in total. The van der Waals surface area contributed by atoms with Crippen LogP contribution in [0.15, 0.2) is 5.38 Å². The number of aromatic nitrogens is 1. The van der Waals surface area contributed by atoms with Crippen LogP contribution in [0.4, 0.5) is 0 Å². The van der Waals surface area contributed by atoms with E-state index >= 15 is 0 Å². The van der Waals surface area contributed by atoms with E-state index in [-0.39, 0.29) is 0 Å². The van der Waals surface area contributed by atoms with E-state index in [1.807, 2.05) is 0 Å². The molecule has 1 heterocycles. The summed E-state index contributed by atoms with van der Waals surface area (Å²) >= 11 is 1.77. The molecular weight excluding hydrogens is 280 g/mol. The highest BCUT2D eigenvalue weighted by atomic mass is 32.1. The Kier molecular flexibility index (Phi) is 9.08. The van der Waals surface area contributed by atoms with Gasteiger partial charge in [0, 0.05) is 38.1 Å². The van der Waals surface area contributed by atoms with E-state index < -0.39 is 0 Å². The third kappa shape index (κ3) is 8.51. The van der Waals surface area contributed by atoms with Crippen LogP contribution in [0, 0.1) is 5.92 Å². The Balaban J connectivity index is 2.48. The molecule has 0 spiro atoms. The summed E-state index contributed by atoms with van der Waals surface area (Å²) in [6.07, 6.45) is 1.17. The van der Waals surface area contributed by atoms with Crippen molar-refractivity contribution in [3.63, 3.8) is 0 Å². The normalized spacial score (nSPS) is 12.0. The molecule has 122 valence electrons. The summed E-state index contributed by atoms with van der Waals surface area (Å²) in [5.74, 6) is 0.691. The third-order valence-corrected chi connectivity index (χ3v) is 4.07. The first kappa shape index (κ1) is 18.6. The molecule has 0 aliphatic heterocycles. The van der Waals surface area contributed by atoms with E-state index in [1.165, 1.54) is 17.1 Å². The monoisotopic (exact) mass is 312 g/mol. The molecule has 0 amide bonds. The van der Waals surface area contributed by atoms with Crippen LogP contribution in [0.3, 0.4) is 0 Å². The molecule has 0 aliphatic carbocycles. The molecule has 0 radical (unpaired) electrons. The first-order valence-corrected chi connectivity index (χ1v) is 8.90. The van der Waals surface area contributed by atoms with Crippen LogP contribution < -0.4 is 5.32 Å². The van der Waals surface area contributed by atoms with Crippen molar-refractivity contribution in [3.05, 3.63) is 16.1 Å². The van der Waals surface area contributed by atoms with Gasteiger partial charge in [-0.25, -0.2) is 4.98 Å². The van der Waals surface area contributed by atoms with Crippen molar-refractivity contribution in [2.45, 2.75) is 40.3 Å². The van der Waals surface area contributed by atoms with Gasteiger partial charge in [0.1, 0.15) is 5.01 Å². The van der Waals surface area contributed by atoms with Gasteiger partial charge in [0.25, 0.3) is 0 Å². The van der Waals surface area contributed by atoms with Crippen LogP contribution in [0.1, 0.15) is 37.9 Å². The standard InChI is InChI=1S/C16H32N4S/c1-6-7-17-10-16-18-15(13-21-16)12-20(11-14(2)3)9-8-19(4)5/h13-14,17H,6-12H2,1-5H3. The Morgan fingerprint density at radius 2 is 2.05 bits per heavy atom. The number of likely N-dealkylation sites (N-methyl/N-ethyl adjacent to an activating group) is 1. The van der Waals surface area contributed by atoms with E-state index in [2.05, 4.69) is 55.4 Å². The summed E-state index contributed by atoms with van der Waals surface area (Å²) in [5.41, 5.74) is 1.22. The maximum atomic E-state index is 4.76. The van der Waals surface area contributed by atoms with Gasteiger partial charge in [-0.05, 0) is 33.0 Å². The molecular formula is C16H32N4S. The summed E-state index contributed by atoms with van der Waals surface area (Å²) < 4.78 is 0. The van der Waals surface area contributed by atoms with Gasteiger partial charge in [-0.1, -0.05) is 20.8 Å².